The van der Waals surface area contributed by atoms with Crippen LogP contribution < -0.4 is 11.1 Å². The zero-order chi connectivity index (χ0) is 15.6. The Kier molecular flexibility index (Phi) is 6.70. The Morgan fingerprint density at radius 2 is 1.81 bits per heavy atom. The van der Waals surface area contributed by atoms with Gasteiger partial charge in [0.1, 0.15) is 0 Å². The molecule has 7 heteroatoms. The maximum absolute atomic E-state index is 12.7. The number of alkyl halides is 3. The maximum atomic E-state index is 12.7. The molecule has 0 heterocycles. The van der Waals surface area contributed by atoms with E-state index in [4.69, 9.17) is 5.73 Å². The molecule has 3 N–H and O–H groups in total. The van der Waals surface area contributed by atoms with Crippen LogP contribution in [0.2, 0.25) is 0 Å². The van der Waals surface area contributed by atoms with Crippen LogP contribution in [0, 0.1) is 0 Å². The van der Waals surface area contributed by atoms with E-state index >= 15 is 0 Å². The van der Waals surface area contributed by atoms with Crippen molar-refractivity contribution in [3.05, 3.63) is 35.4 Å². The fourth-order valence-electron chi connectivity index (χ4n) is 1.69. The van der Waals surface area contributed by atoms with Gasteiger partial charge < -0.3 is 11.1 Å². The van der Waals surface area contributed by atoms with Crippen molar-refractivity contribution in [3.63, 3.8) is 0 Å². The van der Waals surface area contributed by atoms with Gasteiger partial charge in [-0.15, -0.1) is 12.4 Å². The van der Waals surface area contributed by atoms with E-state index < -0.39 is 23.2 Å². The zero-order valence-electron chi connectivity index (χ0n) is 12.1. The summed E-state index contributed by atoms with van der Waals surface area (Å²) in [6, 6.07) is 4.48. The summed E-state index contributed by atoms with van der Waals surface area (Å²) in [5.74, 6) is -0.329. The van der Waals surface area contributed by atoms with Crippen molar-refractivity contribution in [2.24, 2.45) is 5.73 Å². The third-order valence-electron chi connectivity index (χ3n) is 3.09. The molecule has 1 atom stereocenters. The van der Waals surface area contributed by atoms with Crippen molar-refractivity contribution in [2.75, 3.05) is 6.54 Å². The predicted molar refractivity (Wildman–Crippen MR) is 78.4 cm³/mol. The Bertz CT molecular complexity index is 487. The first-order valence-electron chi connectivity index (χ1n) is 6.25. The molecular formula is C14H20ClF3N2O. The van der Waals surface area contributed by atoms with E-state index in [1.165, 1.54) is 6.07 Å². The molecule has 21 heavy (non-hydrogen) atoms. The highest BCUT2D eigenvalue weighted by Crippen LogP contribution is 2.32. The number of halogens is 4. The summed E-state index contributed by atoms with van der Waals surface area (Å²) in [6.45, 7) is 5.30. The van der Waals surface area contributed by atoms with Crippen molar-refractivity contribution in [1.29, 1.82) is 0 Å². The third-order valence-corrected chi connectivity index (χ3v) is 3.09. The smallest absolute Gasteiger partial charge is 0.354 e. The van der Waals surface area contributed by atoms with Crippen LogP contribution in [0.4, 0.5) is 13.2 Å². The molecule has 0 aliphatic heterocycles. The Labute approximate surface area is 128 Å². The highest BCUT2D eigenvalue weighted by Gasteiger charge is 2.32. The number of hydrogen-bond donors (Lipinski definition) is 2. The second kappa shape index (κ2) is 7.13. The van der Waals surface area contributed by atoms with Crippen molar-refractivity contribution in [3.8, 4) is 0 Å². The number of benzene rings is 1. The van der Waals surface area contributed by atoms with Gasteiger partial charge >= 0.3 is 6.18 Å². The molecule has 3 nitrogen and oxygen atoms in total. The number of hydrogen-bond acceptors (Lipinski definition) is 2. The first kappa shape index (κ1) is 19.7. The molecular weight excluding hydrogens is 305 g/mol. The first-order valence-corrected chi connectivity index (χ1v) is 6.25. The van der Waals surface area contributed by atoms with Gasteiger partial charge in [0.2, 0.25) is 5.91 Å². The normalized spacial score (nSPS) is 13.3. The van der Waals surface area contributed by atoms with E-state index in [0.717, 1.165) is 12.1 Å². The molecule has 0 aliphatic carbocycles. The zero-order valence-corrected chi connectivity index (χ0v) is 12.9. The van der Waals surface area contributed by atoms with Crippen molar-refractivity contribution in [1.82, 2.24) is 5.32 Å². The van der Waals surface area contributed by atoms with Crippen LogP contribution in [0.1, 0.15) is 31.9 Å². The summed E-state index contributed by atoms with van der Waals surface area (Å²) in [6.07, 6.45) is -4.37. The van der Waals surface area contributed by atoms with Gasteiger partial charge in [-0.2, -0.15) is 13.2 Å². The molecule has 1 aromatic carbocycles. The van der Waals surface area contributed by atoms with E-state index in [1.54, 1.807) is 26.8 Å². The van der Waals surface area contributed by atoms with Crippen molar-refractivity contribution < 1.29 is 18.0 Å². The summed E-state index contributed by atoms with van der Waals surface area (Å²) in [4.78, 5) is 11.4. The van der Waals surface area contributed by atoms with Crippen LogP contribution in [0.15, 0.2) is 24.3 Å². The molecule has 0 unspecified atom stereocenters. The van der Waals surface area contributed by atoms with Crippen LogP contribution in [-0.2, 0) is 16.4 Å². The Hall–Kier alpha value is -1.27. The molecule has 1 rings (SSSR count). The molecule has 0 radical (unpaired) electrons. The molecule has 0 aromatic heterocycles. The molecule has 1 aromatic rings. The number of rotatable bonds is 4. The summed E-state index contributed by atoms with van der Waals surface area (Å²) in [7, 11) is 0. The van der Waals surface area contributed by atoms with E-state index in [-0.39, 0.29) is 24.9 Å². The number of amides is 1. The molecule has 0 bridgehead atoms. The number of nitrogens with two attached hydrogens (primary N) is 1. The monoisotopic (exact) mass is 324 g/mol. The van der Waals surface area contributed by atoms with Gasteiger partial charge in [-0.1, -0.05) is 32.0 Å². The lowest BCUT2D eigenvalue weighted by molar-refractivity contribution is -0.137. The molecule has 0 fully saturated rings. The Morgan fingerprint density at radius 3 is 2.29 bits per heavy atom. The Morgan fingerprint density at radius 1 is 1.29 bits per heavy atom. The molecule has 0 aliphatic rings. The van der Waals surface area contributed by atoms with Crippen molar-refractivity contribution >= 4 is 18.3 Å². The summed E-state index contributed by atoms with van der Waals surface area (Å²) < 4.78 is 38.1. The lowest BCUT2D eigenvalue weighted by atomic mass is 9.83. The molecule has 120 valence electrons. The van der Waals surface area contributed by atoms with Crippen LogP contribution in [-0.4, -0.2) is 18.5 Å². The number of nitrogens with one attached hydrogen (secondary N) is 1. The van der Waals surface area contributed by atoms with Crippen LogP contribution in [0.5, 0.6) is 0 Å². The standard InChI is InChI=1S/C14H19F3N2O.ClH/c1-9(18)12(20)19-8-13(2,3)10-5-4-6-11(7-10)14(15,16)17;/h4-7,9H,8,18H2,1-3H3,(H,19,20);1H/t9-;/m0./s1. The minimum absolute atomic E-state index is 0. The van der Waals surface area contributed by atoms with Crippen LogP contribution in [0.25, 0.3) is 0 Å². The van der Waals surface area contributed by atoms with Gasteiger partial charge in [0.15, 0.2) is 0 Å². The van der Waals surface area contributed by atoms with E-state index in [9.17, 15) is 18.0 Å². The van der Waals surface area contributed by atoms with E-state index in [2.05, 4.69) is 5.32 Å². The van der Waals surface area contributed by atoms with Crippen LogP contribution in [0.3, 0.4) is 0 Å². The fourth-order valence-corrected chi connectivity index (χ4v) is 1.69. The second-order valence-electron chi connectivity index (χ2n) is 5.47. The summed E-state index contributed by atoms with van der Waals surface area (Å²) in [5.41, 5.74) is 4.62. The largest absolute Gasteiger partial charge is 0.416 e. The SMILES string of the molecule is C[C@H](N)C(=O)NCC(C)(C)c1cccc(C(F)(F)F)c1.Cl. The topological polar surface area (TPSA) is 55.1 Å². The van der Waals surface area contributed by atoms with Crippen molar-refractivity contribution in [2.45, 2.75) is 38.4 Å². The van der Waals surface area contributed by atoms with Crippen LogP contribution >= 0.6 is 12.4 Å². The Balaban J connectivity index is 0.00000400. The second-order valence-corrected chi connectivity index (χ2v) is 5.47. The lowest BCUT2D eigenvalue weighted by Gasteiger charge is -2.27. The predicted octanol–water partition coefficient (Wildman–Crippen LogP) is 2.87. The number of carbonyl (C=O) groups is 1. The number of carbonyl (C=O) groups excluding carboxylic acids is 1. The van der Waals surface area contributed by atoms with Gasteiger partial charge in [0, 0.05) is 12.0 Å². The summed E-state index contributed by atoms with van der Waals surface area (Å²) >= 11 is 0. The highest BCUT2D eigenvalue weighted by molar-refractivity contribution is 5.85. The highest BCUT2D eigenvalue weighted by atomic mass is 35.5. The first-order chi connectivity index (χ1) is 9.04. The lowest BCUT2D eigenvalue weighted by Crippen LogP contribution is -2.43. The van der Waals surface area contributed by atoms with E-state index in [0.29, 0.717) is 5.56 Å². The molecule has 1 amide bonds. The maximum Gasteiger partial charge on any atom is 0.416 e. The molecule has 0 saturated heterocycles. The minimum Gasteiger partial charge on any atom is -0.354 e. The molecule has 0 spiro atoms. The summed E-state index contributed by atoms with van der Waals surface area (Å²) in [5, 5.41) is 2.63. The molecule has 0 saturated carbocycles. The van der Waals surface area contributed by atoms with Gasteiger partial charge in [-0.25, -0.2) is 0 Å². The van der Waals surface area contributed by atoms with E-state index in [1.807, 2.05) is 0 Å². The fraction of sp³-hybridized carbons (Fsp3) is 0.500. The average molecular weight is 325 g/mol. The average Bonchev–Trinajstić information content (AvgIpc) is 2.35. The third kappa shape index (κ3) is 5.55. The quantitative estimate of drug-likeness (QED) is 0.894. The van der Waals surface area contributed by atoms with Gasteiger partial charge in [-0.3, -0.25) is 4.79 Å². The van der Waals surface area contributed by atoms with Gasteiger partial charge in [0.05, 0.1) is 11.6 Å². The van der Waals surface area contributed by atoms with Gasteiger partial charge in [-0.05, 0) is 18.6 Å². The minimum atomic E-state index is -4.37. The van der Waals surface area contributed by atoms with Gasteiger partial charge in [0.25, 0.3) is 0 Å².